The third-order valence-electron chi connectivity index (χ3n) is 5.03. The summed E-state index contributed by atoms with van der Waals surface area (Å²) < 4.78 is 5.45. The predicted molar refractivity (Wildman–Crippen MR) is 126 cm³/mol. The number of carbonyl (C=O) groups is 2. The average molecular weight is 456 g/mol. The zero-order valence-corrected chi connectivity index (χ0v) is 18.6. The lowest BCUT2D eigenvalue weighted by atomic mass is 10.1. The summed E-state index contributed by atoms with van der Waals surface area (Å²) >= 11 is 7.57. The fourth-order valence-corrected chi connectivity index (χ4v) is 4.14. The standard InChI is InChI=1S/C23H22ClN3O3S/c1-15-4-5-17(14-19(15)24)25-22(28)18-13-16(26-23(29)21-3-2-12-31-21)6-7-20(18)27-8-10-30-11-9-27/h2-7,12-14H,8-11H2,1H3,(H,25,28)(H,26,29). The number of morpholine rings is 1. The first-order valence-electron chi connectivity index (χ1n) is 9.90. The van der Waals surface area contributed by atoms with Gasteiger partial charge in [0.1, 0.15) is 0 Å². The summed E-state index contributed by atoms with van der Waals surface area (Å²) in [5.41, 5.74) is 3.38. The van der Waals surface area contributed by atoms with Crippen molar-refractivity contribution >= 4 is 51.8 Å². The molecule has 2 heterocycles. The van der Waals surface area contributed by atoms with E-state index < -0.39 is 0 Å². The van der Waals surface area contributed by atoms with Crippen LogP contribution in [-0.4, -0.2) is 38.1 Å². The summed E-state index contributed by atoms with van der Waals surface area (Å²) in [5, 5.41) is 8.23. The fourth-order valence-electron chi connectivity index (χ4n) is 3.35. The maximum Gasteiger partial charge on any atom is 0.265 e. The molecule has 1 saturated heterocycles. The number of benzene rings is 2. The van der Waals surface area contributed by atoms with Crippen LogP contribution in [0, 0.1) is 6.92 Å². The second-order valence-electron chi connectivity index (χ2n) is 7.18. The van der Waals surface area contributed by atoms with Crippen LogP contribution >= 0.6 is 22.9 Å². The highest BCUT2D eigenvalue weighted by Gasteiger charge is 2.20. The van der Waals surface area contributed by atoms with Crippen LogP contribution in [0.15, 0.2) is 53.9 Å². The van der Waals surface area contributed by atoms with E-state index in [0.717, 1.165) is 11.3 Å². The molecular weight excluding hydrogens is 434 g/mol. The van der Waals surface area contributed by atoms with Gasteiger partial charge in [0, 0.05) is 35.2 Å². The van der Waals surface area contributed by atoms with Crippen molar-refractivity contribution in [3.8, 4) is 0 Å². The number of halogens is 1. The third kappa shape index (κ3) is 5.07. The third-order valence-corrected chi connectivity index (χ3v) is 6.30. The van der Waals surface area contributed by atoms with E-state index in [1.165, 1.54) is 11.3 Å². The summed E-state index contributed by atoms with van der Waals surface area (Å²) in [6.45, 7) is 4.50. The van der Waals surface area contributed by atoms with Crippen LogP contribution in [0.25, 0.3) is 0 Å². The highest BCUT2D eigenvalue weighted by Crippen LogP contribution is 2.28. The zero-order valence-electron chi connectivity index (χ0n) is 17.0. The Bertz CT molecular complexity index is 1100. The lowest BCUT2D eigenvalue weighted by molar-refractivity contribution is 0.101. The molecule has 0 radical (unpaired) electrons. The van der Waals surface area contributed by atoms with Crippen molar-refractivity contribution in [2.45, 2.75) is 6.92 Å². The highest BCUT2D eigenvalue weighted by atomic mass is 35.5. The minimum Gasteiger partial charge on any atom is -0.378 e. The topological polar surface area (TPSA) is 70.7 Å². The Morgan fingerprint density at radius 1 is 1.00 bits per heavy atom. The average Bonchev–Trinajstić information content (AvgIpc) is 3.32. The summed E-state index contributed by atoms with van der Waals surface area (Å²) in [7, 11) is 0. The molecule has 6 nitrogen and oxygen atoms in total. The van der Waals surface area contributed by atoms with Gasteiger partial charge in [-0.2, -0.15) is 0 Å². The Morgan fingerprint density at radius 3 is 2.42 bits per heavy atom. The van der Waals surface area contributed by atoms with Gasteiger partial charge in [0.15, 0.2) is 0 Å². The van der Waals surface area contributed by atoms with Crippen LogP contribution < -0.4 is 15.5 Å². The molecule has 4 rings (SSSR count). The second-order valence-corrected chi connectivity index (χ2v) is 8.54. The monoisotopic (exact) mass is 455 g/mol. The molecule has 3 aromatic rings. The molecule has 2 aromatic carbocycles. The van der Waals surface area contributed by atoms with E-state index in [4.69, 9.17) is 16.3 Å². The largest absolute Gasteiger partial charge is 0.378 e. The van der Waals surface area contributed by atoms with Crippen LogP contribution in [0.3, 0.4) is 0 Å². The quantitative estimate of drug-likeness (QED) is 0.564. The normalized spacial score (nSPS) is 13.7. The van der Waals surface area contributed by atoms with Gasteiger partial charge in [-0.3, -0.25) is 9.59 Å². The van der Waals surface area contributed by atoms with Gasteiger partial charge in [0.25, 0.3) is 11.8 Å². The molecule has 31 heavy (non-hydrogen) atoms. The number of rotatable bonds is 5. The first kappa shape index (κ1) is 21.4. The van der Waals surface area contributed by atoms with E-state index in [2.05, 4.69) is 15.5 Å². The van der Waals surface area contributed by atoms with Gasteiger partial charge >= 0.3 is 0 Å². The van der Waals surface area contributed by atoms with E-state index in [0.29, 0.717) is 53.1 Å². The lowest BCUT2D eigenvalue weighted by Crippen LogP contribution is -2.37. The van der Waals surface area contributed by atoms with Gasteiger partial charge < -0.3 is 20.3 Å². The van der Waals surface area contributed by atoms with E-state index >= 15 is 0 Å². The number of aryl methyl sites for hydroxylation is 1. The number of amides is 2. The van der Waals surface area contributed by atoms with Gasteiger partial charge in [-0.05, 0) is 54.3 Å². The second kappa shape index (κ2) is 9.51. The van der Waals surface area contributed by atoms with Crippen molar-refractivity contribution in [3.63, 3.8) is 0 Å². The molecule has 160 valence electrons. The molecule has 8 heteroatoms. The molecule has 0 aliphatic carbocycles. The predicted octanol–water partition coefficient (Wildman–Crippen LogP) is 5.05. The molecule has 0 spiro atoms. The number of nitrogens with one attached hydrogen (secondary N) is 2. The van der Waals surface area contributed by atoms with Crippen molar-refractivity contribution in [2.24, 2.45) is 0 Å². The van der Waals surface area contributed by atoms with Crippen molar-refractivity contribution in [1.82, 2.24) is 0 Å². The van der Waals surface area contributed by atoms with E-state index in [1.807, 2.05) is 42.6 Å². The Kier molecular flexibility index (Phi) is 6.56. The van der Waals surface area contributed by atoms with Crippen LogP contribution in [0.5, 0.6) is 0 Å². The summed E-state index contributed by atoms with van der Waals surface area (Å²) in [6.07, 6.45) is 0. The molecule has 1 aliphatic rings. The van der Waals surface area contributed by atoms with Gasteiger partial charge in [-0.15, -0.1) is 11.3 Å². The highest BCUT2D eigenvalue weighted by molar-refractivity contribution is 7.12. The minimum absolute atomic E-state index is 0.203. The van der Waals surface area contributed by atoms with Crippen molar-refractivity contribution < 1.29 is 14.3 Å². The number of ether oxygens (including phenoxy) is 1. The first-order valence-corrected chi connectivity index (χ1v) is 11.2. The number of carbonyl (C=O) groups excluding carboxylic acids is 2. The van der Waals surface area contributed by atoms with E-state index in [1.54, 1.807) is 18.2 Å². The van der Waals surface area contributed by atoms with Crippen LogP contribution in [0.1, 0.15) is 25.6 Å². The van der Waals surface area contributed by atoms with Crippen LogP contribution in [0.2, 0.25) is 5.02 Å². The lowest BCUT2D eigenvalue weighted by Gasteiger charge is -2.30. The van der Waals surface area contributed by atoms with E-state index in [9.17, 15) is 9.59 Å². The molecule has 0 unspecified atom stereocenters. The molecule has 0 saturated carbocycles. The Morgan fingerprint density at radius 2 is 1.71 bits per heavy atom. The number of nitrogens with zero attached hydrogens (tertiary/aromatic N) is 1. The Labute approximate surface area is 189 Å². The Balaban J connectivity index is 1.63. The molecule has 1 aromatic heterocycles. The van der Waals surface area contributed by atoms with Gasteiger partial charge in [-0.25, -0.2) is 0 Å². The fraction of sp³-hybridized carbons (Fsp3) is 0.217. The van der Waals surface area contributed by atoms with Crippen LogP contribution in [0.4, 0.5) is 17.1 Å². The molecular formula is C23H22ClN3O3S. The first-order chi connectivity index (χ1) is 15.0. The molecule has 0 atom stereocenters. The van der Waals surface area contributed by atoms with Crippen molar-refractivity contribution in [1.29, 1.82) is 0 Å². The maximum atomic E-state index is 13.2. The summed E-state index contributed by atoms with van der Waals surface area (Å²) in [6, 6.07) is 14.4. The number of anilines is 3. The zero-order chi connectivity index (χ0) is 21.8. The van der Waals surface area contributed by atoms with Gasteiger partial charge in [0.05, 0.1) is 23.7 Å². The smallest absolute Gasteiger partial charge is 0.265 e. The van der Waals surface area contributed by atoms with Crippen molar-refractivity contribution in [2.75, 3.05) is 41.8 Å². The maximum absolute atomic E-state index is 13.2. The van der Waals surface area contributed by atoms with Gasteiger partial charge in [0.2, 0.25) is 0 Å². The number of hydrogen-bond donors (Lipinski definition) is 2. The number of hydrogen-bond acceptors (Lipinski definition) is 5. The molecule has 2 N–H and O–H groups in total. The SMILES string of the molecule is Cc1ccc(NC(=O)c2cc(NC(=O)c3cccs3)ccc2N2CCOCC2)cc1Cl. The minimum atomic E-state index is -0.270. The summed E-state index contributed by atoms with van der Waals surface area (Å²) in [5.74, 6) is -0.473. The van der Waals surface area contributed by atoms with Crippen molar-refractivity contribution in [3.05, 3.63) is 74.9 Å². The summed E-state index contributed by atoms with van der Waals surface area (Å²) in [4.78, 5) is 28.4. The molecule has 1 aliphatic heterocycles. The molecule has 1 fully saturated rings. The Hall–Kier alpha value is -2.87. The van der Waals surface area contributed by atoms with E-state index in [-0.39, 0.29) is 11.8 Å². The molecule has 2 amide bonds. The molecule has 0 bridgehead atoms. The van der Waals surface area contributed by atoms with Gasteiger partial charge in [-0.1, -0.05) is 23.7 Å². The van der Waals surface area contributed by atoms with Crippen LogP contribution in [-0.2, 0) is 4.74 Å². The number of thiophene rings is 1.